The largest absolute Gasteiger partial charge is 0.496 e. The fourth-order valence-electron chi connectivity index (χ4n) is 2.81. The third-order valence-electron chi connectivity index (χ3n) is 4.46. The van der Waals surface area contributed by atoms with E-state index in [1.54, 1.807) is 7.11 Å². The number of hydrogen-bond donors (Lipinski definition) is 2. The zero-order valence-electron chi connectivity index (χ0n) is 15.0. The molecule has 0 fully saturated rings. The maximum atomic E-state index is 9.05. The summed E-state index contributed by atoms with van der Waals surface area (Å²) in [5.41, 5.74) is 3.56. The Hall–Kier alpha value is -1.84. The van der Waals surface area contributed by atoms with Gasteiger partial charge in [0.2, 0.25) is 0 Å². The standard InChI is InChI=1S/C21H29NO2/c1-16(15-23)7-6-14-22-17(2)18-10-12-19(13-11-18)20-8-4-5-9-21(20)24-3/h4-5,8-13,16-17,22-23H,6-7,14-15H2,1-3H3. The van der Waals surface area contributed by atoms with Gasteiger partial charge in [0.1, 0.15) is 5.75 Å². The quantitative estimate of drug-likeness (QED) is 0.670. The Morgan fingerprint density at radius 1 is 1.04 bits per heavy atom. The normalized spacial score (nSPS) is 13.5. The van der Waals surface area contributed by atoms with Crippen LogP contribution < -0.4 is 10.1 Å². The lowest BCUT2D eigenvalue weighted by molar-refractivity contribution is 0.227. The van der Waals surface area contributed by atoms with Crippen molar-refractivity contribution in [2.45, 2.75) is 32.7 Å². The second-order valence-corrected chi connectivity index (χ2v) is 6.43. The number of rotatable bonds is 9. The Labute approximate surface area is 145 Å². The summed E-state index contributed by atoms with van der Waals surface area (Å²) < 4.78 is 5.44. The van der Waals surface area contributed by atoms with Gasteiger partial charge in [-0.15, -0.1) is 0 Å². The molecule has 0 aliphatic heterocycles. The molecule has 2 unspecified atom stereocenters. The molecule has 0 aliphatic rings. The van der Waals surface area contributed by atoms with Crippen LogP contribution in [-0.2, 0) is 0 Å². The number of ether oxygens (including phenoxy) is 1. The van der Waals surface area contributed by atoms with Crippen LogP contribution in [0.3, 0.4) is 0 Å². The second kappa shape index (κ2) is 9.45. The van der Waals surface area contributed by atoms with Gasteiger partial charge >= 0.3 is 0 Å². The molecule has 0 aliphatic carbocycles. The Bertz CT molecular complexity index is 609. The van der Waals surface area contributed by atoms with E-state index < -0.39 is 0 Å². The summed E-state index contributed by atoms with van der Waals surface area (Å²) in [5, 5.41) is 12.6. The van der Waals surface area contributed by atoms with Crippen LogP contribution in [0.5, 0.6) is 5.75 Å². The van der Waals surface area contributed by atoms with Gasteiger partial charge in [0.25, 0.3) is 0 Å². The van der Waals surface area contributed by atoms with Gasteiger partial charge in [-0.25, -0.2) is 0 Å². The first-order valence-corrected chi connectivity index (χ1v) is 8.73. The molecule has 2 rings (SSSR count). The first kappa shape index (κ1) is 18.5. The fraction of sp³-hybridized carbons (Fsp3) is 0.429. The Morgan fingerprint density at radius 3 is 2.42 bits per heavy atom. The van der Waals surface area contributed by atoms with Gasteiger partial charge in [0.05, 0.1) is 7.11 Å². The molecule has 2 aromatic carbocycles. The summed E-state index contributed by atoms with van der Waals surface area (Å²) in [5.74, 6) is 1.29. The molecule has 0 amide bonds. The van der Waals surface area contributed by atoms with Crippen LogP contribution in [0.25, 0.3) is 11.1 Å². The zero-order valence-corrected chi connectivity index (χ0v) is 15.0. The van der Waals surface area contributed by atoms with E-state index in [0.29, 0.717) is 12.0 Å². The average Bonchev–Trinajstić information content (AvgIpc) is 2.64. The zero-order chi connectivity index (χ0) is 17.4. The summed E-state index contributed by atoms with van der Waals surface area (Å²) in [6, 6.07) is 17.1. The maximum absolute atomic E-state index is 9.05. The monoisotopic (exact) mass is 327 g/mol. The molecule has 0 heterocycles. The van der Waals surface area contributed by atoms with Gasteiger partial charge in [-0.2, -0.15) is 0 Å². The van der Waals surface area contributed by atoms with Crippen LogP contribution in [0.15, 0.2) is 48.5 Å². The van der Waals surface area contributed by atoms with Crippen LogP contribution in [0.1, 0.15) is 38.3 Å². The highest BCUT2D eigenvalue weighted by molar-refractivity contribution is 5.70. The molecule has 2 atom stereocenters. The number of benzene rings is 2. The molecule has 2 N–H and O–H groups in total. The smallest absolute Gasteiger partial charge is 0.126 e. The summed E-state index contributed by atoms with van der Waals surface area (Å²) in [7, 11) is 1.71. The van der Waals surface area contributed by atoms with Crippen LogP contribution in [-0.4, -0.2) is 25.4 Å². The van der Waals surface area contributed by atoms with E-state index in [0.717, 1.165) is 30.7 Å². The topological polar surface area (TPSA) is 41.5 Å². The van der Waals surface area contributed by atoms with Crippen molar-refractivity contribution in [2.75, 3.05) is 20.3 Å². The molecule has 0 radical (unpaired) electrons. The first-order valence-electron chi connectivity index (χ1n) is 8.73. The van der Waals surface area contributed by atoms with Gasteiger partial charge in [-0.1, -0.05) is 49.4 Å². The molecule has 0 saturated heterocycles. The van der Waals surface area contributed by atoms with Crippen LogP contribution >= 0.6 is 0 Å². The number of aliphatic hydroxyl groups is 1. The summed E-state index contributed by atoms with van der Waals surface area (Å²) in [6.07, 6.45) is 2.15. The van der Waals surface area contributed by atoms with Crippen LogP contribution in [0.4, 0.5) is 0 Å². The average molecular weight is 327 g/mol. The third kappa shape index (κ3) is 5.08. The van der Waals surface area contributed by atoms with Crippen molar-refractivity contribution in [1.82, 2.24) is 5.32 Å². The van der Waals surface area contributed by atoms with Gasteiger partial charge in [-0.3, -0.25) is 0 Å². The van der Waals surface area contributed by atoms with Crippen molar-refractivity contribution in [1.29, 1.82) is 0 Å². The molecule has 0 saturated carbocycles. The SMILES string of the molecule is COc1ccccc1-c1ccc(C(C)NCCCC(C)CO)cc1. The molecule has 0 aromatic heterocycles. The Kier molecular flexibility index (Phi) is 7.29. The van der Waals surface area contributed by atoms with Crippen molar-refractivity contribution in [3.05, 3.63) is 54.1 Å². The number of para-hydroxylation sites is 1. The molecule has 3 heteroatoms. The third-order valence-corrected chi connectivity index (χ3v) is 4.46. The van der Waals surface area contributed by atoms with Gasteiger partial charge in [-0.05, 0) is 49.4 Å². The van der Waals surface area contributed by atoms with Crippen molar-refractivity contribution in [3.63, 3.8) is 0 Å². The highest BCUT2D eigenvalue weighted by atomic mass is 16.5. The predicted molar refractivity (Wildman–Crippen MR) is 100 cm³/mol. The molecule has 130 valence electrons. The number of aliphatic hydroxyl groups excluding tert-OH is 1. The van der Waals surface area contributed by atoms with E-state index >= 15 is 0 Å². The minimum absolute atomic E-state index is 0.278. The van der Waals surface area contributed by atoms with E-state index in [1.165, 1.54) is 11.1 Å². The fourth-order valence-corrected chi connectivity index (χ4v) is 2.81. The van der Waals surface area contributed by atoms with Crippen molar-refractivity contribution >= 4 is 0 Å². The summed E-state index contributed by atoms with van der Waals surface area (Å²) in [6.45, 7) is 5.52. The highest BCUT2D eigenvalue weighted by Gasteiger charge is 2.08. The van der Waals surface area contributed by atoms with Crippen molar-refractivity contribution in [3.8, 4) is 16.9 Å². The predicted octanol–water partition coefficient (Wildman–Crippen LogP) is 4.42. The first-order chi connectivity index (χ1) is 11.7. The maximum Gasteiger partial charge on any atom is 0.126 e. The summed E-state index contributed by atoms with van der Waals surface area (Å²) >= 11 is 0. The lowest BCUT2D eigenvalue weighted by Gasteiger charge is -2.16. The minimum Gasteiger partial charge on any atom is -0.496 e. The van der Waals surface area contributed by atoms with Crippen molar-refractivity contribution < 1.29 is 9.84 Å². The molecule has 3 nitrogen and oxygen atoms in total. The lowest BCUT2D eigenvalue weighted by Crippen LogP contribution is -2.20. The second-order valence-electron chi connectivity index (χ2n) is 6.43. The highest BCUT2D eigenvalue weighted by Crippen LogP contribution is 2.30. The number of hydrogen-bond acceptors (Lipinski definition) is 3. The van der Waals surface area contributed by atoms with Crippen LogP contribution in [0, 0.1) is 5.92 Å². The molecule has 24 heavy (non-hydrogen) atoms. The van der Waals surface area contributed by atoms with Crippen LogP contribution in [0.2, 0.25) is 0 Å². The Balaban J connectivity index is 1.94. The lowest BCUT2D eigenvalue weighted by atomic mass is 10.0. The molecule has 2 aromatic rings. The van der Waals surface area contributed by atoms with Gasteiger partial charge in [0, 0.05) is 18.2 Å². The number of methoxy groups -OCH3 is 1. The minimum atomic E-state index is 0.278. The van der Waals surface area contributed by atoms with E-state index in [4.69, 9.17) is 9.84 Å². The summed E-state index contributed by atoms with van der Waals surface area (Å²) in [4.78, 5) is 0. The van der Waals surface area contributed by atoms with Gasteiger partial charge < -0.3 is 15.2 Å². The van der Waals surface area contributed by atoms with E-state index in [9.17, 15) is 0 Å². The van der Waals surface area contributed by atoms with E-state index in [-0.39, 0.29) is 6.61 Å². The van der Waals surface area contributed by atoms with E-state index in [2.05, 4.69) is 49.5 Å². The molecule has 0 bridgehead atoms. The van der Waals surface area contributed by atoms with Gasteiger partial charge in [0.15, 0.2) is 0 Å². The Morgan fingerprint density at radius 2 is 1.75 bits per heavy atom. The molecule has 0 spiro atoms. The van der Waals surface area contributed by atoms with E-state index in [1.807, 2.05) is 18.2 Å². The number of nitrogens with one attached hydrogen (secondary N) is 1. The molecular formula is C21H29NO2. The molecular weight excluding hydrogens is 298 g/mol. The van der Waals surface area contributed by atoms with Crippen molar-refractivity contribution in [2.24, 2.45) is 5.92 Å².